The van der Waals surface area contributed by atoms with Crippen molar-refractivity contribution in [3.8, 4) is 0 Å². The van der Waals surface area contributed by atoms with Gasteiger partial charge < -0.3 is 0 Å². The van der Waals surface area contributed by atoms with Gasteiger partial charge in [-0.2, -0.15) is 0 Å². The number of carbonyl (C=O) groups excluding carboxylic acids is 2. The predicted octanol–water partition coefficient (Wildman–Crippen LogP) is 4.41. The van der Waals surface area contributed by atoms with Crippen molar-refractivity contribution in [3.63, 3.8) is 0 Å². The number of amides is 2. The summed E-state index contributed by atoms with van der Waals surface area (Å²) in [5, 5.41) is 21.9. The van der Waals surface area contributed by atoms with Crippen molar-refractivity contribution in [1.29, 1.82) is 0 Å². The molecule has 2 aromatic carbocycles. The maximum absolute atomic E-state index is 12.6. The molecular weight excluding hydrogens is 494 g/mol. The Hall–Kier alpha value is -3.84. The molecule has 1 fully saturated rings. The molecule has 0 atom stereocenters. The molecule has 2 N–H and O–H groups in total. The summed E-state index contributed by atoms with van der Waals surface area (Å²) in [4.78, 5) is 47.3. The highest BCUT2D eigenvalue weighted by molar-refractivity contribution is 8.26. The Bertz CT molecular complexity index is 1190. The number of unbranched alkanes of at least 4 members (excludes halogenated alkanes) is 2. The Morgan fingerprint density at radius 2 is 1.80 bits per heavy atom. The molecule has 13 heteroatoms. The van der Waals surface area contributed by atoms with E-state index in [0.717, 1.165) is 23.8 Å². The van der Waals surface area contributed by atoms with Crippen LogP contribution < -0.4 is 10.9 Å². The third-order valence-electron chi connectivity index (χ3n) is 4.98. The normalized spacial score (nSPS) is 14.3. The molecule has 0 radical (unpaired) electrons. The molecular formula is C22H21N5O6S2. The van der Waals surface area contributed by atoms with Crippen LogP contribution in [0.2, 0.25) is 0 Å². The van der Waals surface area contributed by atoms with E-state index in [0.29, 0.717) is 35.0 Å². The van der Waals surface area contributed by atoms with E-state index in [-0.39, 0.29) is 18.0 Å². The van der Waals surface area contributed by atoms with Crippen LogP contribution in [0.5, 0.6) is 0 Å². The molecule has 0 saturated carbocycles. The van der Waals surface area contributed by atoms with Gasteiger partial charge in [0.25, 0.3) is 11.6 Å². The minimum Gasteiger partial charge on any atom is -0.293 e. The fourth-order valence-electron chi connectivity index (χ4n) is 3.22. The van der Waals surface area contributed by atoms with Gasteiger partial charge >= 0.3 is 5.69 Å². The van der Waals surface area contributed by atoms with Crippen molar-refractivity contribution < 1.29 is 19.4 Å². The monoisotopic (exact) mass is 515 g/mol. The van der Waals surface area contributed by atoms with E-state index in [1.807, 2.05) is 36.4 Å². The van der Waals surface area contributed by atoms with Crippen molar-refractivity contribution in [3.05, 3.63) is 79.2 Å². The molecule has 0 aromatic heterocycles. The third kappa shape index (κ3) is 7.07. The molecule has 0 unspecified atom stereocenters. The number of hydrogen-bond donors (Lipinski definition) is 2. The molecule has 0 spiro atoms. The van der Waals surface area contributed by atoms with Gasteiger partial charge in [-0.15, -0.1) is 0 Å². The van der Waals surface area contributed by atoms with Crippen LogP contribution in [0.15, 0.2) is 53.4 Å². The molecule has 1 heterocycles. The van der Waals surface area contributed by atoms with Crippen LogP contribution in [0.25, 0.3) is 6.08 Å². The number of non-ortho nitro benzene ring substituents is 1. The highest BCUT2D eigenvalue weighted by atomic mass is 32.2. The number of nitrogens with one attached hydrogen (secondary N) is 2. The second kappa shape index (κ2) is 12.0. The second-order valence-electron chi connectivity index (χ2n) is 7.44. The van der Waals surface area contributed by atoms with Gasteiger partial charge in [-0.1, -0.05) is 60.7 Å². The van der Waals surface area contributed by atoms with E-state index in [1.54, 1.807) is 4.90 Å². The SMILES string of the molecule is O=C(CCCCCN1C(=O)C(=Cc2ccccc2)SC1=S)NNc1ccc([N+](=O)[O-])cc1[N+](=O)[O-]. The second-order valence-corrected chi connectivity index (χ2v) is 9.12. The van der Waals surface area contributed by atoms with E-state index in [4.69, 9.17) is 12.2 Å². The number of carbonyl (C=O) groups is 2. The van der Waals surface area contributed by atoms with Gasteiger partial charge in [0.05, 0.1) is 20.8 Å². The van der Waals surface area contributed by atoms with Crippen molar-refractivity contribution >= 4 is 63.3 Å². The summed E-state index contributed by atoms with van der Waals surface area (Å²) in [6.45, 7) is 0.450. The minimum absolute atomic E-state index is 0.0631. The molecule has 1 aliphatic rings. The van der Waals surface area contributed by atoms with Gasteiger partial charge in [0.2, 0.25) is 5.91 Å². The Morgan fingerprint density at radius 1 is 1.06 bits per heavy atom. The molecule has 0 aliphatic carbocycles. The number of thioether (sulfide) groups is 1. The highest BCUT2D eigenvalue weighted by Crippen LogP contribution is 2.33. The lowest BCUT2D eigenvalue weighted by Gasteiger charge is -2.14. The molecule has 0 bridgehead atoms. The van der Waals surface area contributed by atoms with Crippen LogP contribution in [0.3, 0.4) is 0 Å². The first-order valence-corrected chi connectivity index (χ1v) is 11.8. The van der Waals surface area contributed by atoms with E-state index in [2.05, 4.69) is 10.9 Å². The van der Waals surface area contributed by atoms with Gasteiger partial charge in [0.1, 0.15) is 10.0 Å². The molecule has 3 rings (SSSR count). The van der Waals surface area contributed by atoms with Gasteiger partial charge in [-0.3, -0.25) is 45.6 Å². The van der Waals surface area contributed by atoms with Gasteiger partial charge in [-0.05, 0) is 30.5 Å². The van der Waals surface area contributed by atoms with Crippen molar-refractivity contribution in [2.75, 3.05) is 12.0 Å². The van der Waals surface area contributed by atoms with Gasteiger partial charge in [0.15, 0.2) is 0 Å². The highest BCUT2D eigenvalue weighted by Gasteiger charge is 2.31. The Balaban J connectivity index is 1.41. The van der Waals surface area contributed by atoms with E-state index < -0.39 is 27.1 Å². The van der Waals surface area contributed by atoms with Crippen LogP contribution in [-0.4, -0.2) is 37.4 Å². The molecule has 11 nitrogen and oxygen atoms in total. The summed E-state index contributed by atoms with van der Waals surface area (Å²) >= 11 is 6.60. The number of nitro groups is 2. The van der Waals surface area contributed by atoms with Crippen LogP contribution in [0.4, 0.5) is 17.1 Å². The summed E-state index contributed by atoms with van der Waals surface area (Å²) in [6, 6.07) is 12.6. The Morgan fingerprint density at radius 3 is 2.49 bits per heavy atom. The summed E-state index contributed by atoms with van der Waals surface area (Å²) < 4.78 is 0.504. The van der Waals surface area contributed by atoms with Gasteiger partial charge in [0, 0.05) is 19.0 Å². The summed E-state index contributed by atoms with van der Waals surface area (Å²) in [7, 11) is 0. The molecule has 1 saturated heterocycles. The molecule has 182 valence electrons. The standard InChI is InChI=1S/C22H21N5O6S2/c28-20(24-23-17-11-10-16(26(30)31)14-18(17)27(32)33)9-5-2-6-12-25-21(29)19(35-22(25)34)13-15-7-3-1-4-8-15/h1,3-4,7-8,10-11,13-14,23H,2,5-6,9,12H2,(H,24,28). The summed E-state index contributed by atoms with van der Waals surface area (Å²) in [6.07, 6.45) is 3.82. The minimum atomic E-state index is -0.773. The Labute approximate surface area is 209 Å². The smallest absolute Gasteiger partial charge is 0.293 e. The molecule has 2 aromatic rings. The van der Waals surface area contributed by atoms with Crippen LogP contribution >= 0.6 is 24.0 Å². The van der Waals surface area contributed by atoms with E-state index in [9.17, 15) is 29.8 Å². The topological polar surface area (TPSA) is 148 Å². The van der Waals surface area contributed by atoms with Crippen LogP contribution in [-0.2, 0) is 9.59 Å². The predicted molar refractivity (Wildman–Crippen MR) is 136 cm³/mol. The molecule has 1 aliphatic heterocycles. The fraction of sp³-hybridized carbons (Fsp3) is 0.227. The number of thiocarbonyl (C=S) groups is 1. The Kier molecular flexibility index (Phi) is 8.86. The zero-order valence-electron chi connectivity index (χ0n) is 18.3. The van der Waals surface area contributed by atoms with E-state index in [1.165, 1.54) is 11.8 Å². The lowest BCUT2D eigenvalue weighted by Crippen LogP contribution is -2.30. The zero-order chi connectivity index (χ0) is 25.4. The largest absolute Gasteiger partial charge is 0.300 e. The van der Waals surface area contributed by atoms with Crippen LogP contribution in [0, 0.1) is 20.2 Å². The number of hydrogen-bond acceptors (Lipinski definition) is 9. The molecule has 35 heavy (non-hydrogen) atoms. The first kappa shape index (κ1) is 25.8. The lowest BCUT2D eigenvalue weighted by molar-refractivity contribution is -0.393. The average molecular weight is 516 g/mol. The maximum atomic E-state index is 12.6. The summed E-state index contributed by atoms with van der Waals surface area (Å²) in [5.41, 5.74) is 4.71. The lowest BCUT2D eigenvalue weighted by atomic mass is 10.2. The zero-order valence-corrected chi connectivity index (χ0v) is 20.0. The van der Waals surface area contributed by atoms with E-state index >= 15 is 0 Å². The van der Waals surface area contributed by atoms with Crippen molar-refractivity contribution in [2.24, 2.45) is 0 Å². The van der Waals surface area contributed by atoms with Crippen molar-refractivity contribution in [2.45, 2.75) is 25.7 Å². The number of hydrazine groups is 1. The fourth-order valence-corrected chi connectivity index (χ4v) is 4.52. The number of nitrogens with zero attached hydrogens (tertiary/aromatic N) is 3. The quantitative estimate of drug-likeness (QED) is 0.146. The average Bonchev–Trinajstić information content (AvgIpc) is 3.10. The van der Waals surface area contributed by atoms with Gasteiger partial charge in [-0.25, -0.2) is 0 Å². The first-order valence-electron chi connectivity index (χ1n) is 10.5. The van der Waals surface area contributed by atoms with Crippen LogP contribution in [0.1, 0.15) is 31.2 Å². The first-order chi connectivity index (χ1) is 16.8. The van der Waals surface area contributed by atoms with Crippen molar-refractivity contribution in [1.82, 2.24) is 10.3 Å². The number of benzene rings is 2. The number of nitro benzene ring substituents is 2. The summed E-state index contributed by atoms with van der Waals surface area (Å²) in [5.74, 6) is -0.524. The molecule has 2 amide bonds. The third-order valence-corrected chi connectivity index (χ3v) is 6.36. The number of anilines is 1. The maximum Gasteiger partial charge on any atom is 0.300 e. The number of rotatable bonds is 11.